The van der Waals surface area contributed by atoms with Crippen LogP contribution >= 0.6 is 0 Å². The average Bonchev–Trinajstić information content (AvgIpc) is 2.92. The van der Waals surface area contributed by atoms with E-state index in [1.807, 2.05) is 0 Å². The Morgan fingerprint density at radius 1 is 1.24 bits per heavy atom. The summed E-state index contributed by atoms with van der Waals surface area (Å²) in [6, 6.07) is 0.747. The van der Waals surface area contributed by atoms with Crippen LogP contribution in [0.15, 0.2) is 12.1 Å². The molecule has 10 heteroatoms. The molecule has 1 unspecified atom stereocenters. The molecule has 3 rings (SSSR count). The molecular weight excluding hydrogens is 340 g/mol. The third-order valence-corrected chi connectivity index (χ3v) is 3.96. The molecular formula is C15H16F4N6. The van der Waals surface area contributed by atoms with Gasteiger partial charge in [-0.1, -0.05) is 0 Å². The predicted molar refractivity (Wildman–Crippen MR) is 83.2 cm³/mol. The molecule has 0 amide bonds. The van der Waals surface area contributed by atoms with E-state index >= 15 is 0 Å². The highest BCUT2D eigenvalue weighted by atomic mass is 19.4. The predicted octanol–water partition coefficient (Wildman–Crippen LogP) is 2.48. The number of hydrogen-bond acceptors (Lipinski definition) is 5. The van der Waals surface area contributed by atoms with Crippen LogP contribution in [-0.2, 0) is 6.18 Å². The maximum absolute atomic E-state index is 13.8. The summed E-state index contributed by atoms with van der Waals surface area (Å²) in [4.78, 5) is 4.10. The highest BCUT2D eigenvalue weighted by Crippen LogP contribution is 2.36. The van der Waals surface area contributed by atoms with Crippen LogP contribution in [0.5, 0.6) is 0 Å². The van der Waals surface area contributed by atoms with Crippen molar-refractivity contribution in [3.05, 3.63) is 35.0 Å². The van der Waals surface area contributed by atoms with Crippen LogP contribution in [0.25, 0.3) is 16.7 Å². The lowest BCUT2D eigenvalue weighted by molar-refractivity contribution is -0.136. The SMILES string of the molecule is Cc1nnc2c(C(N)CCCN)nc3c(C(F)(F)F)cc(F)cc3n12. The first-order valence-electron chi connectivity index (χ1n) is 7.61. The first kappa shape index (κ1) is 17.5. The van der Waals surface area contributed by atoms with Crippen LogP contribution in [0.1, 0.15) is 36.0 Å². The van der Waals surface area contributed by atoms with Gasteiger partial charge < -0.3 is 11.5 Å². The first-order chi connectivity index (χ1) is 11.7. The maximum atomic E-state index is 13.8. The van der Waals surface area contributed by atoms with E-state index in [-0.39, 0.29) is 22.4 Å². The Kier molecular flexibility index (Phi) is 4.33. The monoisotopic (exact) mass is 356 g/mol. The van der Waals surface area contributed by atoms with Crippen LogP contribution in [0.4, 0.5) is 17.6 Å². The summed E-state index contributed by atoms with van der Waals surface area (Å²) in [5.41, 5.74) is 10.3. The normalized spacial score (nSPS) is 13.7. The van der Waals surface area contributed by atoms with Crippen LogP contribution in [0.3, 0.4) is 0 Å². The van der Waals surface area contributed by atoms with E-state index in [0.29, 0.717) is 31.3 Å². The van der Waals surface area contributed by atoms with Crippen molar-refractivity contribution in [3.63, 3.8) is 0 Å². The molecule has 0 fully saturated rings. The average molecular weight is 356 g/mol. The van der Waals surface area contributed by atoms with Crippen LogP contribution in [0.2, 0.25) is 0 Å². The fraction of sp³-hybridized carbons (Fsp3) is 0.400. The molecule has 0 aliphatic rings. The largest absolute Gasteiger partial charge is 0.418 e. The zero-order valence-electron chi connectivity index (χ0n) is 13.3. The lowest BCUT2D eigenvalue weighted by atomic mass is 10.1. The molecule has 0 radical (unpaired) electrons. The quantitative estimate of drug-likeness (QED) is 0.700. The van der Waals surface area contributed by atoms with Gasteiger partial charge >= 0.3 is 6.18 Å². The van der Waals surface area contributed by atoms with Gasteiger partial charge in [-0.2, -0.15) is 13.2 Å². The Balaban J connectivity index is 2.39. The molecule has 1 atom stereocenters. The maximum Gasteiger partial charge on any atom is 0.418 e. The van der Waals surface area contributed by atoms with Crippen LogP contribution in [-0.4, -0.2) is 26.1 Å². The van der Waals surface area contributed by atoms with Gasteiger partial charge in [0.1, 0.15) is 22.9 Å². The Labute approximate surface area is 139 Å². The Bertz CT molecular complexity index is 933. The minimum absolute atomic E-state index is 0.0559. The summed E-state index contributed by atoms with van der Waals surface area (Å²) in [7, 11) is 0. The lowest BCUT2D eigenvalue weighted by Crippen LogP contribution is -2.17. The number of aromatic nitrogens is 4. The number of rotatable bonds is 4. The van der Waals surface area contributed by atoms with Gasteiger partial charge in [0.05, 0.1) is 17.1 Å². The van der Waals surface area contributed by atoms with Gasteiger partial charge in [-0.25, -0.2) is 9.37 Å². The zero-order valence-corrected chi connectivity index (χ0v) is 13.3. The van der Waals surface area contributed by atoms with Crippen molar-refractivity contribution >= 4 is 16.7 Å². The zero-order chi connectivity index (χ0) is 18.4. The topological polar surface area (TPSA) is 95.1 Å². The van der Waals surface area contributed by atoms with Gasteiger partial charge in [0, 0.05) is 6.07 Å². The van der Waals surface area contributed by atoms with Crippen LogP contribution < -0.4 is 11.5 Å². The van der Waals surface area contributed by atoms with Crippen molar-refractivity contribution in [1.29, 1.82) is 0 Å². The highest BCUT2D eigenvalue weighted by molar-refractivity contribution is 5.82. The fourth-order valence-electron chi connectivity index (χ4n) is 2.80. The number of fused-ring (bicyclic) bond motifs is 3. The lowest BCUT2D eigenvalue weighted by Gasteiger charge is -2.16. The summed E-state index contributed by atoms with van der Waals surface area (Å²) >= 11 is 0. The Morgan fingerprint density at radius 3 is 2.60 bits per heavy atom. The number of halogens is 4. The molecule has 0 saturated heterocycles. The second-order valence-electron chi connectivity index (χ2n) is 5.76. The van der Waals surface area contributed by atoms with Crippen molar-refractivity contribution in [2.75, 3.05) is 6.54 Å². The van der Waals surface area contributed by atoms with E-state index in [1.165, 1.54) is 4.40 Å². The van der Waals surface area contributed by atoms with Crippen molar-refractivity contribution in [3.8, 4) is 0 Å². The van der Waals surface area contributed by atoms with Crippen LogP contribution in [0, 0.1) is 12.7 Å². The summed E-state index contributed by atoms with van der Waals surface area (Å²) in [5.74, 6) is -0.704. The van der Waals surface area contributed by atoms with Gasteiger partial charge in [-0.15, -0.1) is 10.2 Å². The number of nitrogens with zero attached hydrogens (tertiary/aromatic N) is 4. The molecule has 0 bridgehead atoms. The van der Waals surface area contributed by atoms with E-state index < -0.39 is 23.6 Å². The molecule has 0 aliphatic carbocycles. The van der Waals surface area contributed by atoms with Crippen molar-refractivity contribution in [2.45, 2.75) is 32.0 Å². The standard InChI is InChI=1S/C15H16F4N6/c1-7-23-24-14-13(10(21)3-2-4-20)22-12-9(15(17,18)19)5-8(16)6-11(12)25(7)14/h5-6,10H,2-4,20-21H2,1H3. The van der Waals surface area contributed by atoms with E-state index in [0.717, 1.165) is 6.07 Å². The van der Waals surface area contributed by atoms with Crippen molar-refractivity contribution in [1.82, 2.24) is 19.6 Å². The molecule has 3 aromatic rings. The van der Waals surface area contributed by atoms with Gasteiger partial charge in [-0.05, 0) is 32.4 Å². The number of alkyl halides is 3. The molecule has 2 aromatic heterocycles. The van der Waals surface area contributed by atoms with Gasteiger partial charge in [-0.3, -0.25) is 4.40 Å². The van der Waals surface area contributed by atoms with Gasteiger partial charge in [0.15, 0.2) is 5.65 Å². The fourth-order valence-corrected chi connectivity index (χ4v) is 2.80. The molecule has 134 valence electrons. The molecule has 2 heterocycles. The minimum Gasteiger partial charge on any atom is -0.330 e. The number of benzene rings is 1. The molecule has 25 heavy (non-hydrogen) atoms. The molecule has 6 nitrogen and oxygen atoms in total. The van der Waals surface area contributed by atoms with Crippen molar-refractivity contribution < 1.29 is 17.6 Å². The molecule has 4 N–H and O–H groups in total. The summed E-state index contributed by atoms with van der Waals surface area (Å²) in [6.45, 7) is 1.95. The summed E-state index contributed by atoms with van der Waals surface area (Å²) < 4.78 is 55.2. The second-order valence-corrected chi connectivity index (χ2v) is 5.76. The smallest absolute Gasteiger partial charge is 0.330 e. The molecule has 0 spiro atoms. The molecule has 0 saturated carbocycles. The third-order valence-electron chi connectivity index (χ3n) is 3.96. The highest BCUT2D eigenvalue weighted by Gasteiger charge is 2.35. The number of aryl methyl sites for hydroxylation is 1. The number of nitrogens with two attached hydrogens (primary N) is 2. The minimum atomic E-state index is -4.76. The van der Waals surface area contributed by atoms with Crippen molar-refractivity contribution in [2.24, 2.45) is 11.5 Å². The van der Waals surface area contributed by atoms with Gasteiger partial charge in [0.2, 0.25) is 0 Å². The second kappa shape index (κ2) is 6.19. The summed E-state index contributed by atoms with van der Waals surface area (Å²) in [6.07, 6.45) is -3.75. The number of hydrogen-bond donors (Lipinski definition) is 2. The molecule has 1 aromatic carbocycles. The van der Waals surface area contributed by atoms with E-state index in [2.05, 4.69) is 15.2 Å². The Morgan fingerprint density at radius 2 is 1.96 bits per heavy atom. The van der Waals surface area contributed by atoms with E-state index in [9.17, 15) is 17.6 Å². The van der Waals surface area contributed by atoms with Gasteiger partial charge in [0.25, 0.3) is 0 Å². The van der Waals surface area contributed by atoms with E-state index in [4.69, 9.17) is 11.5 Å². The first-order valence-corrected chi connectivity index (χ1v) is 7.61. The third kappa shape index (κ3) is 3.02. The van der Waals surface area contributed by atoms with E-state index in [1.54, 1.807) is 6.92 Å². The molecule has 0 aliphatic heterocycles. The Hall–Kier alpha value is -2.33. The summed E-state index contributed by atoms with van der Waals surface area (Å²) in [5, 5.41) is 7.83.